The number of carbonyl (C=O) groups excluding carboxylic acids is 2. The molecule has 0 saturated carbocycles. The van der Waals surface area contributed by atoms with E-state index in [9.17, 15) is 9.59 Å². The molecule has 0 spiro atoms. The summed E-state index contributed by atoms with van der Waals surface area (Å²) < 4.78 is 0. The van der Waals surface area contributed by atoms with Gasteiger partial charge in [-0.2, -0.15) is 0 Å². The topological polar surface area (TPSA) is 43.9 Å². The highest BCUT2D eigenvalue weighted by Gasteiger charge is 2.28. The summed E-state index contributed by atoms with van der Waals surface area (Å²) in [4.78, 5) is 30.2. The summed E-state index contributed by atoms with van der Waals surface area (Å²) in [5, 5.41) is 0. The van der Waals surface area contributed by atoms with Crippen molar-refractivity contribution in [2.45, 2.75) is 52.6 Å². The monoisotopic (exact) mass is 297 g/mol. The number of likely N-dealkylation sites (tertiary alicyclic amines) is 1. The minimum atomic E-state index is 0.123. The third-order valence-corrected chi connectivity index (χ3v) is 4.14. The van der Waals surface area contributed by atoms with Crippen LogP contribution in [0.15, 0.2) is 0 Å². The molecule has 0 radical (unpaired) electrons. The molecular weight excluding hydrogens is 266 g/mol. The molecule has 1 fully saturated rings. The Hall–Kier alpha value is -1.10. The second kappa shape index (κ2) is 7.78. The van der Waals surface area contributed by atoms with Gasteiger partial charge in [0.25, 0.3) is 0 Å². The molecule has 1 saturated heterocycles. The number of nitrogens with zero attached hydrogens (tertiary/aromatic N) is 3. The lowest BCUT2D eigenvalue weighted by atomic mass is 9.95. The largest absolute Gasteiger partial charge is 0.349 e. The van der Waals surface area contributed by atoms with Crippen molar-refractivity contribution in [3.05, 3.63) is 0 Å². The summed E-state index contributed by atoms with van der Waals surface area (Å²) in [7, 11) is 3.61. The summed E-state index contributed by atoms with van der Waals surface area (Å²) in [5.74, 6) is 0.530. The van der Waals surface area contributed by atoms with Crippen LogP contribution in [0, 0.1) is 5.92 Å². The van der Waals surface area contributed by atoms with Crippen LogP contribution in [0.5, 0.6) is 0 Å². The van der Waals surface area contributed by atoms with Gasteiger partial charge in [0, 0.05) is 32.1 Å². The first kappa shape index (κ1) is 18.0. The molecule has 122 valence electrons. The molecule has 2 amide bonds. The Morgan fingerprint density at radius 2 is 1.52 bits per heavy atom. The Bertz CT molecular complexity index is 351. The maximum atomic E-state index is 12.4. The molecule has 1 aliphatic rings. The lowest BCUT2D eigenvalue weighted by molar-refractivity contribution is -0.137. The fourth-order valence-corrected chi connectivity index (χ4v) is 3.15. The number of hydrogen-bond acceptors (Lipinski definition) is 3. The highest BCUT2D eigenvalue weighted by atomic mass is 16.2. The van der Waals surface area contributed by atoms with E-state index in [0.29, 0.717) is 6.54 Å². The Balaban J connectivity index is 2.48. The lowest BCUT2D eigenvalue weighted by Gasteiger charge is -2.36. The number of hydrogen-bond donors (Lipinski definition) is 0. The molecule has 21 heavy (non-hydrogen) atoms. The van der Waals surface area contributed by atoms with E-state index in [4.69, 9.17) is 0 Å². The molecule has 0 aliphatic carbocycles. The van der Waals surface area contributed by atoms with Gasteiger partial charge in [-0.05, 0) is 53.6 Å². The minimum absolute atomic E-state index is 0.123. The average molecular weight is 297 g/mol. The standard InChI is InChI=1S/C16H31N3O2/c1-12(2)19(13(3)4)15(20)11-18-9-7-14(8-10-18)16(21)17(5)6/h12-14H,7-11H2,1-6H3. The Morgan fingerprint density at radius 3 is 1.90 bits per heavy atom. The second-order valence-electron chi connectivity index (χ2n) is 6.77. The molecule has 0 bridgehead atoms. The zero-order valence-electron chi connectivity index (χ0n) is 14.4. The Morgan fingerprint density at radius 1 is 1.05 bits per heavy atom. The van der Waals surface area contributed by atoms with E-state index in [1.807, 2.05) is 4.90 Å². The molecule has 0 atom stereocenters. The molecule has 5 heteroatoms. The zero-order chi connectivity index (χ0) is 16.2. The molecule has 0 unspecified atom stereocenters. The molecule has 1 aliphatic heterocycles. The second-order valence-corrected chi connectivity index (χ2v) is 6.77. The van der Waals surface area contributed by atoms with Crippen molar-refractivity contribution in [3.8, 4) is 0 Å². The summed E-state index contributed by atoms with van der Waals surface area (Å²) in [6.45, 7) is 10.4. The average Bonchev–Trinajstić information content (AvgIpc) is 2.37. The maximum Gasteiger partial charge on any atom is 0.237 e. The predicted molar refractivity (Wildman–Crippen MR) is 85.0 cm³/mol. The van der Waals surface area contributed by atoms with Crippen LogP contribution in [0.2, 0.25) is 0 Å². The zero-order valence-corrected chi connectivity index (χ0v) is 14.4. The van der Waals surface area contributed by atoms with Crippen LogP contribution >= 0.6 is 0 Å². The van der Waals surface area contributed by atoms with E-state index in [-0.39, 0.29) is 29.8 Å². The number of rotatable bonds is 5. The van der Waals surface area contributed by atoms with Gasteiger partial charge in [-0.1, -0.05) is 0 Å². The van der Waals surface area contributed by atoms with Crippen LogP contribution in [0.25, 0.3) is 0 Å². The molecule has 1 heterocycles. The molecule has 1 rings (SSSR count). The van der Waals surface area contributed by atoms with Crippen LogP contribution in [-0.4, -0.2) is 72.3 Å². The van der Waals surface area contributed by atoms with E-state index in [2.05, 4.69) is 32.6 Å². The first-order valence-corrected chi connectivity index (χ1v) is 7.98. The molecule has 0 aromatic rings. The maximum absolute atomic E-state index is 12.4. The predicted octanol–water partition coefficient (Wildman–Crippen LogP) is 1.43. The Kier molecular flexibility index (Phi) is 6.65. The van der Waals surface area contributed by atoms with Crippen molar-refractivity contribution in [2.24, 2.45) is 5.92 Å². The van der Waals surface area contributed by atoms with Crippen molar-refractivity contribution in [3.63, 3.8) is 0 Å². The molecular formula is C16H31N3O2. The van der Waals surface area contributed by atoms with Gasteiger partial charge in [-0.25, -0.2) is 0 Å². The third kappa shape index (κ3) is 4.99. The van der Waals surface area contributed by atoms with Crippen molar-refractivity contribution >= 4 is 11.8 Å². The number of carbonyl (C=O) groups is 2. The van der Waals surface area contributed by atoms with Gasteiger partial charge in [0.2, 0.25) is 11.8 Å². The molecule has 0 aromatic heterocycles. The van der Waals surface area contributed by atoms with Gasteiger partial charge in [0.05, 0.1) is 6.54 Å². The molecule has 5 nitrogen and oxygen atoms in total. The van der Waals surface area contributed by atoms with Crippen LogP contribution in [0.3, 0.4) is 0 Å². The normalized spacial score (nSPS) is 17.3. The molecule has 0 aromatic carbocycles. The highest BCUT2D eigenvalue weighted by molar-refractivity contribution is 5.79. The van der Waals surface area contributed by atoms with Gasteiger partial charge in [-0.3, -0.25) is 14.5 Å². The smallest absolute Gasteiger partial charge is 0.237 e. The van der Waals surface area contributed by atoms with Gasteiger partial charge in [-0.15, -0.1) is 0 Å². The van der Waals surface area contributed by atoms with E-state index in [1.54, 1.807) is 19.0 Å². The van der Waals surface area contributed by atoms with Gasteiger partial charge in [0.1, 0.15) is 0 Å². The van der Waals surface area contributed by atoms with Crippen LogP contribution in [0.1, 0.15) is 40.5 Å². The fourth-order valence-electron chi connectivity index (χ4n) is 3.15. The summed E-state index contributed by atoms with van der Waals surface area (Å²) in [5.41, 5.74) is 0. The van der Waals surface area contributed by atoms with Crippen molar-refractivity contribution < 1.29 is 9.59 Å². The van der Waals surface area contributed by atoms with Crippen LogP contribution in [0.4, 0.5) is 0 Å². The minimum Gasteiger partial charge on any atom is -0.349 e. The number of piperidine rings is 1. The van der Waals surface area contributed by atoms with Crippen LogP contribution in [-0.2, 0) is 9.59 Å². The van der Waals surface area contributed by atoms with E-state index >= 15 is 0 Å². The van der Waals surface area contributed by atoms with Crippen LogP contribution < -0.4 is 0 Å². The van der Waals surface area contributed by atoms with Crippen molar-refractivity contribution in [1.29, 1.82) is 0 Å². The third-order valence-electron chi connectivity index (χ3n) is 4.14. The van der Waals surface area contributed by atoms with E-state index < -0.39 is 0 Å². The summed E-state index contributed by atoms with van der Waals surface area (Å²) in [6, 6.07) is 0.454. The van der Waals surface area contributed by atoms with Crippen molar-refractivity contribution in [2.75, 3.05) is 33.7 Å². The summed E-state index contributed by atoms with van der Waals surface area (Å²) in [6.07, 6.45) is 1.71. The molecule has 0 N–H and O–H groups in total. The first-order chi connectivity index (χ1) is 9.73. The number of amides is 2. The quantitative estimate of drug-likeness (QED) is 0.771. The van der Waals surface area contributed by atoms with E-state index in [0.717, 1.165) is 25.9 Å². The van der Waals surface area contributed by atoms with Gasteiger partial charge >= 0.3 is 0 Å². The summed E-state index contributed by atoms with van der Waals surface area (Å²) >= 11 is 0. The van der Waals surface area contributed by atoms with E-state index in [1.165, 1.54) is 0 Å². The SMILES string of the molecule is CC(C)N(C(=O)CN1CCC(C(=O)N(C)C)CC1)C(C)C. The first-order valence-electron chi connectivity index (χ1n) is 7.98. The van der Waals surface area contributed by atoms with Gasteiger partial charge < -0.3 is 9.80 Å². The lowest BCUT2D eigenvalue weighted by Crippen LogP contribution is -2.49. The highest BCUT2D eigenvalue weighted by Crippen LogP contribution is 2.19. The van der Waals surface area contributed by atoms with Crippen molar-refractivity contribution in [1.82, 2.24) is 14.7 Å². The van der Waals surface area contributed by atoms with Gasteiger partial charge in [0.15, 0.2) is 0 Å². The fraction of sp³-hybridized carbons (Fsp3) is 0.875. The Labute approximate surface area is 129 Å².